The van der Waals surface area contributed by atoms with Crippen LogP contribution in [-0.2, 0) is 30.1 Å². The Hall–Kier alpha value is -3.55. The Morgan fingerprint density at radius 2 is 1.82 bits per heavy atom. The summed E-state index contributed by atoms with van der Waals surface area (Å²) in [6.45, 7) is 4.82. The molecule has 210 valence electrons. The van der Waals surface area contributed by atoms with Crippen LogP contribution in [0.3, 0.4) is 0 Å². The smallest absolute Gasteiger partial charge is 0.389 e. The van der Waals surface area contributed by atoms with Crippen LogP contribution >= 0.6 is 0 Å². The number of piperidine rings is 1. The highest BCUT2D eigenvalue weighted by atomic mass is 19.4. The van der Waals surface area contributed by atoms with Gasteiger partial charge in [-0.3, -0.25) is 24.0 Å². The normalized spacial score (nSPS) is 17.6. The lowest BCUT2D eigenvalue weighted by molar-refractivity contribution is -0.141. The van der Waals surface area contributed by atoms with Crippen molar-refractivity contribution in [3.63, 3.8) is 0 Å². The van der Waals surface area contributed by atoms with E-state index in [1.54, 1.807) is 20.8 Å². The van der Waals surface area contributed by atoms with Crippen molar-refractivity contribution in [2.75, 3.05) is 18.5 Å². The molecule has 4 amide bonds. The van der Waals surface area contributed by atoms with Crippen LogP contribution < -0.4 is 21.3 Å². The van der Waals surface area contributed by atoms with Gasteiger partial charge in [-0.15, -0.1) is 0 Å². The number of aromatic nitrogens is 1. The predicted octanol–water partition coefficient (Wildman–Crippen LogP) is 0.922. The number of aliphatic hydroxyl groups excluding tert-OH is 1. The number of pyridine rings is 1. The molecule has 1 aromatic heterocycles. The lowest BCUT2D eigenvalue weighted by atomic mass is 9.87. The Balaban J connectivity index is 2.18. The molecule has 38 heavy (non-hydrogen) atoms. The van der Waals surface area contributed by atoms with E-state index in [2.05, 4.69) is 20.9 Å². The minimum atomic E-state index is -4.89. The molecule has 0 unspecified atom stereocenters. The van der Waals surface area contributed by atoms with Gasteiger partial charge in [0, 0.05) is 18.7 Å². The molecule has 11 nitrogen and oxygen atoms in total. The fraction of sp³-hybridized carbons (Fsp3) is 0.583. The first kappa shape index (κ1) is 30.7. The van der Waals surface area contributed by atoms with Crippen molar-refractivity contribution < 1.29 is 42.3 Å². The van der Waals surface area contributed by atoms with Crippen LogP contribution in [0.1, 0.15) is 52.1 Å². The lowest BCUT2D eigenvalue weighted by Gasteiger charge is -2.29. The third-order valence-electron chi connectivity index (χ3n) is 5.75. The van der Waals surface area contributed by atoms with Crippen molar-refractivity contribution >= 4 is 35.1 Å². The average molecular weight is 544 g/mol. The minimum Gasteiger partial charge on any atom is -0.389 e. The third kappa shape index (κ3) is 9.08. The number of nitrogens with one attached hydrogen (secondary N) is 4. The van der Waals surface area contributed by atoms with Crippen LogP contribution in [0.2, 0.25) is 0 Å². The SMILES string of the molecule is CC(C)(C)C[C@H](NC(=O)C(=O)Nc1cccnc1C(F)(F)F)C(=O)N[C@@H](C[C@@H]1CCCNC1=O)C(=O)CO. The number of anilines is 1. The number of Topliss-reactive ketones (excluding diaryl/α,β-unsaturated/α-hetero) is 1. The van der Waals surface area contributed by atoms with Crippen molar-refractivity contribution in [2.24, 2.45) is 11.3 Å². The summed E-state index contributed by atoms with van der Waals surface area (Å²) in [7, 11) is 0. The molecular formula is C24H32F3N5O6. The van der Waals surface area contributed by atoms with Crippen molar-refractivity contribution in [3.05, 3.63) is 24.0 Å². The number of carbonyl (C=O) groups excluding carboxylic acids is 5. The molecule has 0 aliphatic carbocycles. The average Bonchev–Trinajstić information content (AvgIpc) is 2.82. The van der Waals surface area contributed by atoms with Crippen LogP contribution in [0.4, 0.5) is 18.9 Å². The van der Waals surface area contributed by atoms with Gasteiger partial charge in [-0.1, -0.05) is 20.8 Å². The van der Waals surface area contributed by atoms with Crippen molar-refractivity contribution in [1.29, 1.82) is 0 Å². The van der Waals surface area contributed by atoms with E-state index in [0.717, 1.165) is 18.3 Å². The zero-order chi connectivity index (χ0) is 28.7. The van der Waals surface area contributed by atoms with E-state index in [9.17, 15) is 42.3 Å². The number of alkyl halides is 3. The van der Waals surface area contributed by atoms with E-state index >= 15 is 0 Å². The summed E-state index contributed by atoms with van der Waals surface area (Å²) in [5.74, 6) is -5.31. The molecule has 0 aromatic carbocycles. The predicted molar refractivity (Wildman–Crippen MR) is 128 cm³/mol. The summed E-state index contributed by atoms with van der Waals surface area (Å²) in [5, 5.41) is 18.5. The monoisotopic (exact) mass is 543 g/mol. The van der Waals surface area contributed by atoms with E-state index in [1.165, 1.54) is 0 Å². The van der Waals surface area contributed by atoms with Crippen LogP contribution in [0.15, 0.2) is 18.3 Å². The summed E-state index contributed by atoms with van der Waals surface area (Å²) >= 11 is 0. The van der Waals surface area contributed by atoms with Crippen molar-refractivity contribution in [1.82, 2.24) is 20.9 Å². The first-order chi connectivity index (χ1) is 17.6. The number of ketones is 1. The molecule has 0 radical (unpaired) electrons. The van der Waals surface area contributed by atoms with Gasteiger partial charge in [0.1, 0.15) is 12.6 Å². The van der Waals surface area contributed by atoms with E-state index in [4.69, 9.17) is 0 Å². The summed E-state index contributed by atoms with van der Waals surface area (Å²) in [4.78, 5) is 65.8. The first-order valence-corrected chi connectivity index (χ1v) is 12.0. The number of aliphatic hydroxyl groups is 1. The zero-order valence-corrected chi connectivity index (χ0v) is 21.3. The Bertz CT molecular complexity index is 1060. The molecule has 2 heterocycles. The quantitative estimate of drug-likeness (QED) is 0.289. The van der Waals surface area contributed by atoms with Gasteiger partial charge in [-0.25, -0.2) is 4.98 Å². The maximum absolute atomic E-state index is 13.2. The van der Waals surface area contributed by atoms with Crippen molar-refractivity contribution in [2.45, 2.75) is 64.7 Å². The number of rotatable bonds is 9. The summed E-state index contributed by atoms with van der Waals surface area (Å²) in [5.41, 5.74) is -2.71. The van der Waals surface area contributed by atoms with Crippen LogP contribution in [0.5, 0.6) is 0 Å². The Labute approximate surface area is 217 Å². The molecule has 0 spiro atoms. The first-order valence-electron chi connectivity index (χ1n) is 12.0. The number of halogens is 3. The highest BCUT2D eigenvalue weighted by Gasteiger charge is 2.37. The number of nitrogens with zero attached hydrogens (tertiary/aromatic N) is 1. The van der Waals surface area contributed by atoms with Gasteiger partial charge in [0.15, 0.2) is 11.5 Å². The zero-order valence-electron chi connectivity index (χ0n) is 21.3. The van der Waals surface area contributed by atoms with Crippen molar-refractivity contribution in [3.8, 4) is 0 Å². The highest BCUT2D eigenvalue weighted by molar-refractivity contribution is 6.40. The van der Waals surface area contributed by atoms with Crippen LogP contribution in [0, 0.1) is 11.3 Å². The molecule has 0 bridgehead atoms. The maximum atomic E-state index is 13.2. The number of amides is 4. The topological polar surface area (TPSA) is 167 Å². The van der Waals surface area contributed by atoms with Gasteiger partial charge < -0.3 is 26.4 Å². The maximum Gasteiger partial charge on any atom is 0.435 e. The number of hydrogen-bond donors (Lipinski definition) is 5. The molecule has 1 aliphatic rings. The van der Waals surface area contributed by atoms with E-state index in [1.807, 2.05) is 5.32 Å². The second-order valence-electron chi connectivity index (χ2n) is 10.2. The summed E-state index contributed by atoms with van der Waals surface area (Å²) in [6, 6.07) is -0.534. The molecule has 2 rings (SSSR count). The molecule has 1 saturated heterocycles. The highest BCUT2D eigenvalue weighted by Crippen LogP contribution is 2.32. The fourth-order valence-corrected chi connectivity index (χ4v) is 3.95. The van der Waals surface area contributed by atoms with Gasteiger partial charge in [0.25, 0.3) is 0 Å². The van der Waals surface area contributed by atoms with Gasteiger partial charge in [0.05, 0.1) is 11.7 Å². The molecule has 0 saturated carbocycles. The molecule has 3 atom stereocenters. The molecule has 1 aliphatic heterocycles. The second-order valence-corrected chi connectivity index (χ2v) is 10.2. The van der Waals surface area contributed by atoms with E-state index < -0.39 is 71.1 Å². The molecule has 5 N–H and O–H groups in total. The summed E-state index contributed by atoms with van der Waals surface area (Å²) < 4.78 is 39.5. The van der Waals surface area contributed by atoms with E-state index in [0.29, 0.717) is 19.4 Å². The third-order valence-corrected chi connectivity index (χ3v) is 5.75. The van der Waals surface area contributed by atoms with Gasteiger partial charge >= 0.3 is 18.0 Å². The fourth-order valence-electron chi connectivity index (χ4n) is 3.95. The van der Waals surface area contributed by atoms with Gasteiger partial charge in [-0.05, 0) is 43.2 Å². The minimum absolute atomic E-state index is 0.0114. The molecule has 1 fully saturated rings. The van der Waals surface area contributed by atoms with Gasteiger partial charge in [0.2, 0.25) is 11.8 Å². The standard InChI is InChI=1S/C24H32F3N5O6/c1-23(2,3)11-16(20(36)31-15(17(34)12-33)10-13-6-4-9-29-19(13)35)32-22(38)21(37)30-14-7-5-8-28-18(14)24(25,26)27/h5,7-8,13,15-16,33H,4,6,9-12H2,1-3H3,(H,29,35)(H,30,37)(H,31,36)(H,32,38)/t13-,15-,16-/m0/s1. The van der Waals surface area contributed by atoms with E-state index in [-0.39, 0.29) is 18.7 Å². The van der Waals surface area contributed by atoms with Crippen LogP contribution in [-0.4, -0.2) is 64.7 Å². The molecule has 14 heteroatoms. The Kier molecular flexibility index (Phi) is 10.3. The summed E-state index contributed by atoms with van der Waals surface area (Å²) in [6.07, 6.45) is -2.94. The molecule has 1 aromatic rings. The number of hydrogen-bond acceptors (Lipinski definition) is 7. The van der Waals surface area contributed by atoms with Crippen LogP contribution in [0.25, 0.3) is 0 Å². The molecular weight excluding hydrogens is 511 g/mol. The largest absolute Gasteiger partial charge is 0.435 e. The lowest BCUT2D eigenvalue weighted by Crippen LogP contribution is -2.55. The number of carbonyl (C=O) groups is 5. The van der Waals surface area contributed by atoms with Gasteiger partial charge in [-0.2, -0.15) is 13.2 Å². The Morgan fingerprint density at radius 1 is 1.13 bits per heavy atom. The second kappa shape index (κ2) is 12.8. The Morgan fingerprint density at radius 3 is 2.39 bits per heavy atom.